The molecule has 17 heavy (non-hydrogen) atoms. The molecule has 90 valence electrons. The highest BCUT2D eigenvalue weighted by Crippen LogP contribution is 2.14. The van der Waals surface area contributed by atoms with Crippen LogP contribution in [0.15, 0.2) is 24.5 Å². The van der Waals surface area contributed by atoms with Gasteiger partial charge in [-0.2, -0.15) is 5.10 Å². The Morgan fingerprint density at radius 3 is 2.94 bits per heavy atom. The normalized spacial score (nSPS) is 10.5. The molecule has 0 aliphatic rings. The highest BCUT2D eigenvalue weighted by molar-refractivity contribution is 6.31. The van der Waals surface area contributed by atoms with Gasteiger partial charge in [0.05, 0.1) is 23.0 Å². The Morgan fingerprint density at radius 2 is 2.29 bits per heavy atom. The van der Waals surface area contributed by atoms with E-state index < -0.39 is 0 Å². The van der Waals surface area contributed by atoms with Crippen molar-refractivity contribution in [2.75, 3.05) is 11.9 Å². The number of nitrogens with zero attached hydrogens (tertiary/aromatic N) is 3. The zero-order chi connectivity index (χ0) is 12.3. The van der Waals surface area contributed by atoms with Crippen molar-refractivity contribution in [3.05, 3.63) is 40.9 Å². The van der Waals surface area contributed by atoms with Gasteiger partial charge in [0.1, 0.15) is 0 Å². The summed E-state index contributed by atoms with van der Waals surface area (Å²) in [6.07, 6.45) is 3.61. The monoisotopic (exact) mass is 250 g/mol. The van der Waals surface area contributed by atoms with Crippen LogP contribution in [0.1, 0.15) is 18.3 Å². The summed E-state index contributed by atoms with van der Waals surface area (Å²) in [6, 6.07) is 3.97. The minimum Gasteiger partial charge on any atom is -0.385 e. The van der Waals surface area contributed by atoms with E-state index in [1.807, 2.05) is 25.3 Å². The van der Waals surface area contributed by atoms with Crippen molar-refractivity contribution in [3.8, 4) is 0 Å². The summed E-state index contributed by atoms with van der Waals surface area (Å²) in [6.45, 7) is 5.49. The second kappa shape index (κ2) is 5.19. The topological polar surface area (TPSA) is 42.7 Å². The fourth-order valence-corrected chi connectivity index (χ4v) is 1.77. The lowest BCUT2D eigenvalue weighted by molar-refractivity contribution is 0.666. The summed E-state index contributed by atoms with van der Waals surface area (Å²) in [5, 5.41) is 8.25. The molecule has 0 unspecified atom stereocenters. The quantitative estimate of drug-likeness (QED) is 0.907. The lowest BCUT2D eigenvalue weighted by Gasteiger charge is -2.05. The van der Waals surface area contributed by atoms with Gasteiger partial charge >= 0.3 is 0 Å². The number of pyridine rings is 1. The third-order valence-corrected chi connectivity index (χ3v) is 2.78. The molecule has 0 atom stereocenters. The minimum atomic E-state index is 0.632. The Morgan fingerprint density at radius 1 is 1.47 bits per heavy atom. The number of halogens is 1. The van der Waals surface area contributed by atoms with Crippen molar-refractivity contribution >= 4 is 17.3 Å². The van der Waals surface area contributed by atoms with Crippen LogP contribution in [0.5, 0.6) is 0 Å². The summed E-state index contributed by atoms with van der Waals surface area (Å²) in [5.41, 5.74) is 2.88. The number of hydrogen-bond donors (Lipinski definition) is 1. The Balaban J connectivity index is 2.15. The number of rotatable bonds is 4. The summed E-state index contributed by atoms with van der Waals surface area (Å²) >= 11 is 5.96. The van der Waals surface area contributed by atoms with Crippen molar-refractivity contribution < 1.29 is 0 Å². The van der Waals surface area contributed by atoms with Crippen LogP contribution < -0.4 is 5.32 Å². The Kier molecular flexibility index (Phi) is 3.64. The van der Waals surface area contributed by atoms with Gasteiger partial charge in [-0.15, -0.1) is 0 Å². The Bertz CT molecular complexity index is 487. The molecule has 1 N–H and O–H groups in total. The van der Waals surface area contributed by atoms with Crippen molar-refractivity contribution in [3.63, 3.8) is 0 Å². The molecule has 0 amide bonds. The number of aryl methyl sites for hydroxylation is 1. The van der Waals surface area contributed by atoms with Gasteiger partial charge < -0.3 is 5.32 Å². The van der Waals surface area contributed by atoms with Gasteiger partial charge in [-0.25, -0.2) is 0 Å². The highest BCUT2D eigenvalue weighted by atomic mass is 35.5. The number of nitrogens with one attached hydrogen (secondary N) is 1. The van der Waals surface area contributed by atoms with E-state index in [-0.39, 0.29) is 0 Å². The summed E-state index contributed by atoms with van der Waals surface area (Å²) < 4.78 is 1.80. The fraction of sp³-hybridized carbons (Fsp3) is 0.333. The first-order valence-electron chi connectivity index (χ1n) is 5.57. The zero-order valence-corrected chi connectivity index (χ0v) is 10.7. The second-order valence-electron chi connectivity index (χ2n) is 3.83. The van der Waals surface area contributed by atoms with Crippen LogP contribution in [0.2, 0.25) is 5.02 Å². The molecule has 4 nitrogen and oxygen atoms in total. The Hall–Kier alpha value is -1.55. The predicted octanol–water partition coefficient (Wildman–Crippen LogP) is 2.72. The molecule has 2 heterocycles. The maximum atomic E-state index is 5.96. The zero-order valence-electron chi connectivity index (χ0n) is 9.94. The average Bonchev–Trinajstić information content (AvgIpc) is 2.59. The average molecular weight is 251 g/mol. The molecule has 2 rings (SSSR count). The molecule has 0 aliphatic carbocycles. The van der Waals surface area contributed by atoms with Gasteiger partial charge in [-0.1, -0.05) is 11.6 Å². The molecular formula is C12H15ClN4. The van der Waals surface area contributed by atoms with E-state index in [0.717, 1.165) is 23.6 Å². The maximum absolute atomic E-state index is 5.96. The highest BCUT2D eigenvalue weighted by Gasteiger charge is 2.03. The molecule has 5 heteroatoms. The smallest absolute Gasteiger partial charge is 0.0832 e. The van der Waals surface area contributed by atoms with E-state index in [4.69, 9.17) is 11.6 Å². The molecule has 0 radical (unpaired) electrons. The van der Waals surface area contributed by atoms with E-state index >= 15 is 0 Å². The van der Waals surface area contributed by atoms with Crippen molar-refractivity contribution in [2.45, 2.75) is 20.4 Å². The second-order valence-corrected chi connectivity index (χ2v) is 4.23. The summed E-state index contributed by atoms with van der Waals surface area (Å²) in [5.74, 6) is 0. The molecular weight excluding hydrogens is 236 g/mol. The first-order chi connectivity index (χ1) is 8.19. The van der Waals surface area contributed by atoms with E-state index in [0.29, 0.717) is 11.6 Å². The lowest BCUT2D eigenvalue weighted by Crippen LogP contribution is -2.04. The molecule has 0 fully saturated rings. The molecule has 0 saturated heterocycles. The van der Waals surface area contributed by atoms with Crippen molar-refractivity contribution in [1.29, 1.82) is 0 Å². The largest absolute Gasteiger partial charge is 0.385 e. The fourth-order valence-electron chi connectivity index (χ4n) is 1.62. The first-order valence-corrected chi connectivity index (χ1v) is 5.95. The molecule has 0 spiro atoms. The molecule has 2 aromatic rings. The van der Waals surface area contributed by atoms with Gasteiger partial charge in [0.25, 0.3) is 0 Å². The van der Waals surface area contributed by atoms with Crippen LogP contribution in [0, 0.1) is 6.92 Å². The van der Waals surface area contributed by atoms with Gasteiger partial charge in [-0.3, -0.25) is 9.67 Å². The minimum absolute atomic E-state index is 0.632. The Labute approximate surface area is 106 Å². The number of hydrogen-bond acceptors (Lipinski definition) is 3. The number of aromatic nitrogens is 3. The molecule has 0 saturated carbocycles. The maximum Gasteiger partial charge on any atom is 0.0832 e. The van der Waals surface area contributed by atoms with Crippen LogP contribution in [-0.4, -0.2) is 21.3 Å². The van der Waals surface area contributed by atoms with Gasteiger partial charge in [0.2, 0.25) is 0 Å². The number of anilines is 1. The molecule has 0 aliphatic heterocycles. The summed E-state index contributed by atoms with van der Waals surface area (Å²) in [7, 11) is 0. The van der Waals surface area contributed by atoms with Crippen molar-refractivity contribution in [2.24, 2.45) is 0 Å². The van der Waals surface area contributed by atoms with Gasteiger partial charge in [0, 0.05) is 24.6 Å². The SMILES string of the molecule is CCNc1ccnc(Cn2cc(Cl)c(C)n2)c1. The van der Waals surface area contributed by atoms with E-state index in [1.165, 1.54) is 0 Å². The first kappa shape index (κ1) is 11.9. The van der Waals surface area contributed by atoms with Crippen LogP contribution in [0.25, 0.3) is 0 Å². The van der Waals surface area contributed by atoms with Crippen molar-refractivity contribution in [1.82, 2.24) is 14.8 Å². The van der Waals surface area contributed by atoms with Crippen LogP contribution in [-0.2, 0) is 6.54 Å². The van der Waals surface area contributed by atoms with Crippen LogP contribution in [0.3, 0.4) is 0 Å². The third-order valence-electron chi connectivity index (χ3n) is 2.41. The summed E-state index contributed by atoms with van der Waals surface area (Å²) in [4.78, 5) is 4.31. The predicted molar refractivity (Wildman–Crippen MR) is 69.5 cm³/mol. The molecule has 0 aromatic carbocycles. The van der Waals surface area contributed by atoms with E-state index in [9.17, 15) is 0 Å². The van der Waals surface area contributed by atoms with Gasteiger partial charge in [-0.05, 0) is 26.0 Å². The molecule has 0 bridgehead atoms. The van der Waals surface area contributed by atoms with E-state index in [1.54, 1.807) is 10.9 Å². The standard InChI is InChI=1S/C12H15ClN4/c1-3-14-10-4-5-15-11(6-10)7-17-8-12(13)9(2)16-17/h4-6,8H,3,7H2,1-2H3,(H,14,15). The van der Waals surface area contributed by atoms with Crippen LogP contribution in [0.4, 0.5) is 5.69 Å². The van der Waals surface area contributed by atoms with E-state index in [2.05, 4.69) is 22.3 Å². The third kappa shape index (κ3) is 2.97. The van der Waals surface area contributed by atoms with Gasteiger partial charge in [0.15, 0.2) is 0 Å². The van der Waals surface area contributed by atoms with Crippen LogP contribution >= 0.6 is 11.6 Å². The molecule has 2 aromatic heterocycles. The lowest BCUT2D eigenvalue weighted by atomic mass is 10.3.